The van der Waals surface area contributed by atoms with Crippen molar-refractivity contribution >= 4 is 46.4 Å². The van der Waals surface area contributed by atoms with E-state index in [1.165, 1.54) is 0 Å². The van der Waals surface area contributed by atoms with Crippen molar-refractivity contribution in [1.29, 1.82) is 0 Å². The van der Waals surface area contributed by atoms with Crippen LogP contribution in [0.3, 0.4) is 0 Å². The second kappa shape index (κ2) is 6.07. The molecule has 1 N–H and O–H groups in total. The first-order chi connectivity index (χ1) is 11.0. The normalized spacial score (nSPS) is 14.7. The van der Waals surface area contributed by atoms with Gasteiger partial charge in [0.2, 0.25) is 0 Å². The molecule has 0 aliphatic carbocycles. The van der Waals surface area contributed by atoms with Gasteiger partial charge in [-0.15, -0.1) is 0 Å². The van der Waals surface area contributed by atoms with Crippen LogP contribution in [0.25, 0.3) is 0 Å². The molecular formula is C17H12Cl2N2O2. The molecule has 23 heavy (non-hydrogen) atoms. The number of anilines is 2. The van der Waals surface area contributed by atoms with Crippen molar-refractivity contribution < 1.29 is 9.59 Å². The Balaban J connectivity index is 1.97. The van der Waals surface area contributed by atoms with E-state index in [1.54, 1.807) is 24.3 Å². The van der Waals surface area contributed by atoms with Crippen LogP contribution in [0.5, 0.6) is 0 Å². The topological polar surface area (TPSA) is 49.4 Å². The number of benzene rings is 2. The minimum Gasteiger partial charge on any atom is -0.349 e. The maximum Gasteiger partial charge on any atom is 0.283 e. The highest BCUT2D eigenvalue weighted by molar-refractivity contribution is 6.53. The summed E-state index contributed by atoms with van der Waals surface area (Å²) in [6, 6.07) is 14.0. The summed E-state index contributed by atoms with van der Waals surface area (Å²) >= 11 is 12.2. The lowest BCUT2D eigenvalue weighted by Gasteiger charge is -2.16. The van der Waals surface area contributed by atoms with Crippen LogP contribution in [-0.2, 0) is 9.59 Å². The van der Waals surface area contributed by atoms with E-state index in [0.29, 0.717) is 16.4 Å². The average Bonchev–Trinajstić information content (AvgIpc) is 2.74. The van der Waals surface area contributed by atoms with Gasteiger partial charge in [0.25, 0.3) is 11.8 Å². The molecule has 1 heterocycles. The Morgan fingerprint density at radius 2 is 1.57 bits per heavy atom. The van der Waals surface area contributed by atoms with E-state index >= 15 is 0 Å². The maximum atomic E-state index is 12.6. The van der Waals surface area contributed by atoms with Gasteiger partial charge in [-0.25, -0.2) is 4.90 Å². The standard InChI is InChI=1S/C17H12Cl2N2O2/c1-10-6-2-4-8-12(10)20-15-14(19)16(22)21(17(15)23)13-9-5-3-7-11(13)18/h2-9,20H,1H3. The number of carbonyl (C=O) groups excluding carboxylic acids is 2. The van der Waals surface area contributed by atoms with Gasteiger partial charge < -0.3 is 5.32 Å². The maximum absolute atomic E-state index is 12.6. The number of hydrogen-bond acceptors (Lipinski definition) is 3. The Bertz CT molecular complexity index is 846. The molecule has 2 aromatic rings. The molecule has 1 aliphatic rings. The lowest BCUT2D eigenvalue weighted by atomic mass is 10.2. The van der Waals surface area contributed by atoms with Gasteiger partial charge in [-0.05, 0) is 30.7 Å². The van der Waals surface area contributed by atoms with Crippen molar-refractivity contribution in [2.24, 2.45) is 0 Å². The van der Waals surface area contributed by atoms with Crippen LogP contribution in [0.1, 0.15) is 5.56 Å². The zero-order valence-corrected chi connectivity index (χ0v) is 13.7. The van der Waals surface area contributed by atoms with Gasteiger partial charge in [0.1, 0.15) is 10.7 Å². The van der Waals surface area contributed by atoms with E-state index in [2.05, 4.69) is 5.32 Å². The van der Waals surface area contributed by atoms with Crippen molar-refractivity contribution in [2.45, 2.75) is 6.92 Å². The number of nitrogens with zero attached hydrogens (tertiary/aromatic N) is 1. The summed E-state index contributed by atoms with van der Waals surface area (Å²) in [6.45, 7) is 1.89. The minimum absolute atomic E-state index is 0.0471. The summed E-state index contributed by atoms with van der Waals surface area (Å²) in [5.74, 6) is -1.13. The molecule has 6 heteroatoms. The largest absolute Gasteiger partial charge is 0.349 e. The first-order valence-electron chi connectivity index (χ1n) is 6.86. The first-order valence-corrected chi connectivity index (χ1v) is 7.62. The van der Waals surface area contributed by atoms with E-state index in [-0.39, 0.29) is 10.7 Å². The highest BCUT2D eigenvalue weighted by Gasteiger charge is 2.39. The van der Waals surface area contributed by atoms with Crippen LogP contribution in [0, 0.1) is 6.92 Å². The van der Waals surface area contributed by atoms with Crippen molar-refractivity contribution in [1.82, 2.24) is 0 Å². The molecule has 0 spiro atoms. The summed E-state index contributed by atoms with van der Waals surface area (Å²) in [7, 11) is 0. The van der Waals surface area contributed by atoms with Gasteiger partial charge in [0.05, 0.1) is 10.7 Å². The molecule has 0 saturated heterocycles. The van der Waals surface area contributed by atoms with E-state index in [9.17, 15) is 9.59 Å². The molecule has 3 rings (SSSR count). The summed E-state index contributed by atoms with van der Waals surface area (Å²) in [6.07, 6.45) is 0. The van der Waals surface area contributed by atoms with Crippen molar-refractivity contribution in [2.75, 3.05) is 10.2 Å². The number of para-hydroxylation sites is 2. The molecule has 0 unspecified atom stereocenters. The quantitative estimate of drug-likeness (QED) is 0.851. The van der Waals surface area contributed by atoms with Crippen LogP contribution in [-0.4, -0.2) is 11.8 Å². The SMILES string of the molecule is Cc1ccccc1NC1=C(Cl)C(=O)N(c2ccccc2Cl)C1=O. The molecule has 0 atom stereocenters. The third-order valence-corrected chi connectivity index (χ3v) is 4.20. The molecule has 2 aromatic carbocycles. The highest BCUT2D eigenvalue weighted by atomic mass is 35.5. The summed E-state index contributed by atoms with van der Waals surface area (Å²) in [5.41, 5.74) is 2.00. The fourth-order valence-electron chi connectivity index (χ4n) is 2.31. The van der Waals surface area contributed by atoms with Gasteiger partial charge >= 0.3 is 0 Å². The molecule has 0 bridgehead atoms. The molecule has 0 aromatic heterocycles. The minimum atomic E-state index is -0.596. The summed E-state index contributed by atoms with van der Waals surface area (Å²) in [4.78, 5) is 26.0. The number of carbonyl (C=O) groups is 2. The molecule has 4 nitrogen and oxygen atoms in total. The Labute approximate surface area is 143 Å². The van der Waals surface area contributed by atoms with E-state index in [4.69, 9.17) is 23.2 Å². The number of aryl methyl sites for hydroxylation is 1. The van der Waals surface area contributed by atoms with Crippen LogP contribution < -0.4 is 10.2 Å². The Morgan fingerprint density at radius 3 is 2.26 bits per heavy atom. The molecule has 116 valence electrons. The van der Waals surface area contributed by atoms with Crippen LogP contribution in [0.15, 0.2) is 59.3 Å². The summed E-state index contributed by atoms with van der Waals surface area (Å²) in [5, 5.41) is 3.10. The number of imide groups is 1. The van der Waals surface area contributed by atoms with Crippen molar-refractivity contribution in [3.8, 4) is 0 Å². The number of amides is 2. The molecular weight excluding hydrogens is 335 g/mol. The number of hydrogen-bond donors (Lipinski definition) is 1. The van der Waals surface area contributed by atoms with Gasteiger partial charge in [-0.1, -0.05) is 53.5 Å². The number of halogens is 2. The van der Waals surface area contributed by atoms with Gasteiger partial charge in [0.15, 0.2) is 0 Å². The van der Waals surface area contributed by atoms with Crippen LogP contribution in [0.2, 0.25) is 5.02 Å². The van der Waals surface area contributed by atoms with Gasteiger partial charge in [0, 0.05) is 5.69 Å². The zero-order valence-electron chi connectivity index (χ0n) is 12.1. The number of nitrogens with one attached hydrogen (secondary N) is 1. The van der Waals surface area contributed by atoms with Gasteiger partial charge in [-0.3, -0.25) is 9.59 Å². The molecule has 1 aliphatic heterocycles. The third kappa shape index (κ3) is 2.71. The Kier molecular flexibility index (Phi) is 4.11. The van der Waals surface area contributed by atoms with Gasteiger partial charge in [-0.2, -0.15) is 0 Å². The van der Waals surface area contributed by atoms with Crippen LogP contribution >= 0.6 is 23.2 Å². The van der Waals surface area contributed by atoms with Crippen molar-refractivity contribution in [3.05, 3.63) is 69.8 Å². The van der Waals surface area contributed by atoms with Crippen molar-refractivity contribution in [3.63, 3.8) is 0 Å². The molecule has 2 amide bonds. The smallest absolute Gasteiger partial charge is 0.283 e. The molecule has 0 fully saturated rings. The first kappa shape index (κ1) is 15.6. The lowest BCUT2D eigenvalue weighted by molar-refractivity contribution is -0.120. The van der Waals surface area contributed by atoms with E-state index in [1.807, 2.05) is 31.2 Å². The van der Waals surface area contributed by atoms with E-state index in [0.717, 1.165) is 10.5 Å². The zero-order chi connectivity index (χ0) is 16.6. The predicted octanol–water partition coefficient (Wildman–Crippen LogP) is 4.08. The highest BCUT2D eigenvalue weighted by Crippen LogP contribution is 2.34. The predicted molar refractivity (Wildman–Crippen MR) is 91.6 cm³/mol. The molecule has 0 saturated carbocycles. The van der Waals surface area contributed by atoms with E-state index < -0.39 is 11.8 Å². The second-order valence-electron chi connectivity index (χ2n) is 5.03. The molecule has 0 radical (unpaired) electrons. The number of rotatable bonds is 3. The van der Waals surface area contributed by atoms with Crippen LogP contribution in [0.4, 0.5) is 11.4 Å². The average molecular weight is 347 g/mol. The Hall–Kier alpha value is -2.30. The monoisotopic (exact) mass is 346 g/mol. The second-order valence-corrected chi connectivity index (χ2v) is 5.81. The fraction of sp³-hybridized carbons (Fsp3) is 0.0588. The Morgan fingerprint density at radius 1 is 0.913 bits per heavy atom. The summed E-state index contributed by atoms with van der Waals surface area (Å²) < 4.78 is 0. The lowest BCUT2D eigenvalue weighted by Crippen LogP contribution is -2.32. The fourth-order valence-corrected chi connectivity index (χ4v) is 2.74. The third-order valence-electron chi connectivity index (χ3n) is 3.53.